The average Bonchev–Trinajstić information content (AvgIpc) is 2.35. The summed E-state index contributed by atoms with van der Waals surface area (Å²) in [5.41, 5.74) is 6.65. The molecule has 2 rings (SSSR count). The molecule has 0 spiro atoms. The molecular weight excluding hydrogens is 340 g/mol. The first-order valence-corrected chi connectivity index (χ1v) is 7.27. The van der Waals surface area contributed by atoms with Gasteiger partial charge >= 0.3 is 0 Å². The number of hydrogen-bond acceptors (Lipinski definition) is 2. The normalized spacial score (nSPS) is 12.3. The molecule has 20 heavy (non-hydrogen) atoms. The van der Waals surface area contributed by atoms with Crippen molar-refractivity contribution in [3.05, 3.63) is 56.0 Å². The van der Waals surface area contributed by atoms with Crippen LogP contribution < -0.4 is 10.5 Å². The summed E-state index contributed by atoms with van der Waals surface area (Å²) in [6.45, 7) is 1.86. The van der Waals surface area contributed by atoms with Crippen LogP contribution in [0.4, 0.5) is 0 Å². The van der Waals surface area contributed by atoms with Gasteiger partial charge in [0.05, 0.1) is 15.1 Å². The van der Waals surface area contributed by atoms with Gasteiger partial charge in [0.15, 0.2) is 0 Å². The molecule has 0 aliphatic heterocycles. The Kier molecular flexibility index (Phi) is 5.05. The molecule has 6 heteroatoms. The van der Waals surface area contributed by atoms with Crippen LogP contribution in [0, 0.1) is 0 Å². The number of halogens is 4. The average molecular weight is 351 g/mol. The number of rotatable bonds is 3. The predicted molar refractivity (Wildman–Crippen MR) is 85.6 cm³/mol. The molecule has 0 aliphatic carbocycles. The van der Waals surface area contributed by atoms with E-state index < -0.39 is 0 Å². The lowest BCUT2D eigenvalue weighted by Gasteiger charge is -2.12. The first kappa shape index (κ1) is 15.7. The Hall–Kier alpha value is -0.640. The number of hydrogen-bond donors (Lipinski definition) is 1. The van der Waals surface area contributed by atoms with Crippen LogP contribution in [0.25, 0.3) is 0 Å². The zero-order valence-electron chi connectivity index (χ0n) is 10.5. The highest BCUT2D eigenvalue weighted by atomic mass is 35.5. The Balaban J connectivity index is 2.31. The van der Waals surface area contributed by atoms with E-state index in [1.807, 2.05) is 13.0 Å². The third kappa shape index (κ3) is 3.51. The summed E-state index contributed by atoms with van der Waals surface area (Å²) in [5, 5.41) is 1.64. The molecule has 2 nitrogen and oxygen atoms in total. The molecule has 0 saturated carbocycles. The maximum Gasteiger partial charge on any atom is 0.147 e. The van der Waals surface area contributed by atoms with Crippen molar-refractivity contribution in [2.75, 3.05) is 0 Å². The van der Waals surface area contributed by atoms with Crippen LogP contribution in [0.5, 0.6) is 11.5 Å². The van der Waals surface area contributed by atoms with Gasteiger partial charge in [-0.25, -0.2) is 0 Å². The molecule has 0 aromatic heterocycles. The van der Waals surface area contributed by atoms with Gasteiger partial charge in [0.25, 0.3) is 0 Å². The fourth-order valence-corrected chi connectivity index (χ4v) is 2.57. The minimum absolute atomic E-state index is 0.148. The molecule has 0 radical (unpaired) electrons. The molecule has 2 N–H and O–H groups in total. The molecule has 2 aromatic rings. The predicted octanol–water partition coefficient (Wildman–Crippen LogP) is 6.11. The molecule has 1 unspecified atom stereocenters. The minimum Gasteiger partial charge on any atom is -0.456 e. The maximum absolute atomic E-state index is 6.15. The largest absolute Gasteiger partial charge is 0.456 e. The van der Waals surface area contributed by atoms with Gasteiger partial charge in [-0.2, -0.15) is 0 Å². The SMILES string of the molecule is CC(N)c1ccc(Oc2cc(Cl)c(Cl)cc2Cl)cc1Cl. The fraction of sp³-hybridized carbons (Fsp3) is 0.143. The summed E-state index contributed by atoms with van der Waals surface area (Å²) < 4.78 is 5.66. The van der Waals surface area contributed by atoms with Gasteiger partial charge in [0.1, 0.15) is 11.5 Å². The van der Waals surface area contributed by atoms with Crippen LogP contribution in [0.3, 0.4) is 0 Å². The second-order valence-electron chi connectivity index (χ2n) is 4.27. The summed E-state index contributed by atoms with van der Waals surface area (Å²) in [6, 6.07) is 8.19. The van der Waals surface area contributed by atoms with E-state index in [2.05, 4.69) is 0 Å². The Labute approximate surface area is 137 Å². The van der Waals surface area contributed by atoms with Crippen molar-refractivity contribution in [3.63, 3.8) is 0 Å². The van der Waals surface area contributed by atoms with E-state index in [1.165, 1.54) is 6.07 Å². The second kappa shape index (κ2) is 6.42. The highest BCUT2D eigenvalue weighted by molar-refractivity contribution is 6.43. The van der Waals surface area contributed by atoms with Gasteiger partial charge in [0, 0.05) is 17.1 Å². The summed E-state index contributed by atoms with van der Waals surface area (Å²) in [5.74, 6) is 0.949. The smallest absolute Gasteiger partial charge is 0.147 e. The van der Waals surface area contributed by atoms with E-state index >= 15 is 0 Å². The zero-order chi connectivity index (χ0) is 14.9. The van der Waals surface area contributed by atoms with Crippen molar-refractivity contribution in [1.29, 1.82) is 0 Å². The molecule has 0 fully saturated rings. The Morgan fingerprint density at radius 1 is 0.900 bits per heavy atom. The molecule has 0 saturated heterocycles. The summed E-state index contributed by atoms with van der Waals surface area (Å²) in [4.78, 5) is 0. The van der Waals surface area contributed by atoms with E-state index in [1.54, 1.807) is 18.2 Å². The first-order chi connectivity index (χ1) is 9.38. The van der Waals surface area contributed by atoms with Crippen molar-refractivity contribution >= 4 is 46.4 Å². The quantitative estimate of drug-likeness (QED) is 0.677. The fourth-order valence-electron chi connectivity index (χ4n) is 1.65. The summed E-state index contributed by atoms with van der Waals surface area (Å²) in [7, 11) is 0. The first-order valence-electron chi connectivity index (χ1n) is 5.76. The minimum atomic E-state index is -0.148. The van der Waals surface area contributed by atoms with Crippen LogP contribution in [-0.2, 0) is 0 Å². The zero-order valence-corrected chi connectivity index (χ0v) is 13.5. The Bertz CT molecular complexity index is 643. The Morgan fingerprint density at radius 3 is 2.15 bits per heavy atom. The highest BCUT2D eigenvalue weighted by Gasteiger charge is 2.10. The van der Waals surface area contributed by atoms with Gasteiger partial charge in [0.2, 0.25) is 0 Å². The van der Waals surface area contributed by atoms with E-state index in [0.717, 1.165) is 5.56 Å². The van der Waals surface area contributed by atoms with Gasteiger partial charge in [-0.3, -0.25) is 0 Å². The van der Waals surface area contributed by atoms with E-state index in [-0.39, 0.29) is 6.04 Å². The van der Waals surface area contributed by atoms with E-state index in [9.17, 15) is 0 Å². The van der Waals surface area contributed by atoms with Gasteiger partial charge in [-0.15, -0.1) is 0 Å². The monoisotopic (exact) mass is 349 g/mol. The van der Waals surface area contributed by atoms with Crippen LogP contribution >= 0.6 is 46.4 Å². The standard InChI is InChI=1S/C14H11Cl4NO/c1-7(19)9-3-2-8(4-10(9)15)20-14-6-12(17)11(16)5-13(14)18/h2-7H,19H2,1H3. The molecule has 0 bridgehead atoms. The summed E-state index contributed by atoms with van der Waals surface area (Å²) in [6.07, 6.45) is 0. The number of ether oxygens (including phenoxy) is 1. The van der Waals surface area contributed by atoms with Crippen molar-refractivity contribution in [2.45, 2.75) is 13.0 Å². The molecule has 2 aromatic carbocycles. The van der Waals surface area contributed by atoms with Gasteiger partial charge < -0.3 is 10.5 Å². The van der Waals surface area contributed by atoms with Crippen LogP contribution in [0.1, 0.15) is 18.5 Å². The molecule has 0 aliphatic rings. The van der Waals surface area contributed by atoms with Crippen molar-refractivity contribution in [3.8, 4) is 11.5 Å². The van der Waals surface area contributed by atoms with E-state index in [0.29, 0.717) is 31.6 Å². The summed E-state index contributed by atoms with van der Waals surface area (Å²) >= 11 is 24.0. The molecule has 0 amide bonds. The van der Waals surface area contributed by atoms with Crippen molar-refractivity contribution < 1.29 is 4.74 Å². The molecule has 106 valence electrons. The van der Waals surface area contributed by atoms with Gasteiger partial charge in [-0.1, -0.05) is 52.5 Å². The number of benzene rings is 2. The Morgan fingerprint density at radius 2 is 1.55 bits per heavy atom. The van der Waals surface area contributed by atoms with Crippen LogP contribution in [0.2, 0.25) is 20.1 Å². The lowest BCUT2D eigenvalue weighted by molar-refractivity contribution is 0.482. The van der Waals surface area contributed by atoms with E-state index in [4.69, 9.17) is 56.9 Å². The topological polar surface area (TPSA) is 35.2 Å². The third-order valence-electron chi connectivity index (χ3n) is 2.67. The van der Waals surface area contributed by atoms with Crippen molar-refractivity contribution in [2.24, 2.45) is 5.73 Å². The lowest BCUT2D eigenvalue weighted by atomic mass is 10.1. The van der Waals surface area contributed by atoms with Crippen molar-refractivity contribution in [1.82, 2.24) is 0 Å². The molecule has 0 heterocycles. The van der Waals surface area contributed by atoms with Crippen LogP contribution in [-0.4, -0.2) is 0 Å². The van der Waals surface area contributed by atoms with Gasteiger partial charge in [-0.05, 0) is 30.7 Å². The molecule has 1 atom stereocenters. The highest BCUT2D eigenvalue weighted by Crippen LogP contribution is 2.37. The lowest BCUT2D eigenvalue weighted by Crippen LogP contribution is -2.05. The van der Waals surface area contributed by atoms with Crippen LogP contribution in [0.15, 0.2) is 30.3 Å². The maximum atomic E-state index is 6.15. The molecular formula is C14H11Cl4NO. The third-order valence-corrected chi connectivity index (χ3v) is 4.01. The second-order valence-corrected chi connectivity index (χ2v) is 5.90. The number of nitrogens with two attached hydrogens (primary N) is 1.